The Morgan fingerprint density at radius 2 is 2.05 bits per heavy atom. The van der Waals surface area contributed by atoms with E-state index in [1.54, 1.807) is 0 Å². The summed E-state index contributed by atoms with van der Waals surface area (Å²) in [6.07, 6.45) is 3.67. The van der Waals surface area contributed by atoms with Crippen LogP contribution in [0.1, 0.15) is 44.7 Å². The fraction of sp³-hybridized carbons (Fsp3) is 0.625. The van der Waals surface area contributed by atoms with Crippen molar-refractivity contribution in [3.8, 4) is 0 Å². The molecule has 0 aliphatic carbocycles. The Hall–Kier alpha value is -0.380. The van der Waals surface area contributed by atoms with Gasteiger partial charge >= 0.3 is 0 Å². The fourth-order valence-electron chi connectivity index (χ4n) is 3.09. The fourth-order valence-corrected chi connectivity index (χ4v) is 3.35. The van der Waals surface area contributed by atoms with Gasteiger partial charge in [0.1, 0.15) is 0 Å². The van der Waals surface area contributed by atoms with E-state index in [2.05, 4.69) is 58.9 Å². The van der Waals surface area contributed by atoms with Crippen LogP contribution in [0.15, 0.2) is 28.7 Å². The Bertz CT molecular complexity index is 390. The number of hydrogen-bond acceptors (Lipinski definition) is 2. The SMILES string of the molecule is CCC(N)C(c1ccc(Br)cc1)N1CCCC(C)C1. The van der Waals surface area contributed by atoms with Gasteiger partial charge in [0.25, 0.3) is 0 Å². The standard InChI is InChI=1S/C16H25BrN2/c1-3-15(18)16(13-6-8-14(17)9-7-13)19-10-4-5-12(2)11-19/h6-9,12,15-16H,3-5,10-11,18H2,1-2H3. The van der Waals surface area contributed by atoms with Crippen LogP contribution in [0.3, 0.4) is 0 Å². The topological polar surface area (TPSA) is 29.3 Å². The molecular weight excluding hydrogens is 300 g/mol. The van der Waals surface area contributed by atoms with Crippen LogP contribution in [0.25, 0.3) is 0 Å². The largest absolute Gasteiger partial charge is 0.326 e. The summed E-state index contributed by atoms with van der Waals surface area (Å²) in [6, 6.07) is 9.25. The van der Waals surface area contributed by atoms with Gasteiger partial charge in [0.2, 0.25) is 0 Å². The highest BCUT2D eigenvalue weighted by Gasteiger charge is 2.28. The predicted octanol–water partition coefficient (Wildman–Crippen LogP) is 3.96. The number of nitrogens with zero attached hydrogens (tertiary/aromatic N) is 1. The number of halogens is 1. The molecule has 0 aromatic heterocycles. The molecule has 0 spiro atoms. The Kier molecular flexibility index (Phi) is 5.43. The highest BCUT2D eigenvalue weighted by Crippen LogP contribution is 2.30. The molecule has 1 fully saturated rings. The van der Waals surface area contributed by atoms with Crippen LogP contribution in [0.4, 0.5) is 0 Å². The molecule has 1 aliphatic heterocycles. The van der Waals surface area contributed by atoms with Gasteiger partial charge in [-0.25, -0.2) is 0 Å². The van der Waals surface area contributed by atoms with Gasteiger partial charge < -0.3 is 5.73 Å². The van der Waals surface area contributed by atoms with Crippen LogP contribution >= 0.6 is 15.9 Å². The first-order chi connectivity index (χ1) is 9.11. The molecule has 0 radical (unpaired) electrons. The molecule has 0 bridgehead atoms. The maximum atomic E-state index is 6.41. The van der Waals surface area contributed by atoms with E-state index in [1.165, 1.54) is 31.5 Å². The molecule has 1 aromatic carbocycles. The summed E-state index contributed by atoms with van der Waals surface area (Å²) >= 11 is 3.51. The molecule has 106 valence electrons. The summed E-state index contributed by atoms with van der Waals surface area (Å²) in [4.78, 5) is 2.59. The number of likely N-dealkylation sites (tertiary alicyclic amines) is 1. The molecule has 1 aromatic rings. The van der Waals surface area contributed by atoms with Crippen molar-refractivity contribution in [1.29, 1.82) is 0 Å². The van der Waals surface area contributed by atoms with Crippen LogP contribution in [0.5, 0.6) is 0 Å². The second-order valence-electron chi connectivity index (χ2n) is 5.81. The van der Waals surface area contributed by atoms with E-state index in [1.807, 2.05) is 0 Å². The van der Waals surface area contributed by atoms with Gasteiger partial charge in [-0.3, -0.25) is 4.90 Å². The second kappa shape index (κ2) is 6.87. The second-order valence-corrected chi connectivity index (χ2v) is 6.73. The first-order valence-electron chi connectivity index (χ1n) is 7.37. The summed E-state index contributed by atoms with van der Waals surface area (Å²) in [5, 5.41) is 0. The minimum atomic E-state index is 0.214. The molecule has 1 saturated heterocycles. The third-order valence-corrected chi connectivity index (χ3v) is 4.70. The summed E-state index contributed by atoms with van der Waals surface area (Å²) in [6.45, 7) is 6.89. The van der Waals surface area contributed by atoms with Crippen molar-refractivity contribution >= 4 is 15.9 Å². The van der Waals surface area contributed by atoms with Gasteiger partial charge in [-0.2, -0.15) is 0 Å². The first kappa shape index (κ1) is 15.0. The quantitative estimate of drug-likeness (QED) is 0.908. The van der Waals surface area contributed by atoms with Crippen molar-refractivity contribution in [3.05, 3.63) is 34.3 Å². The number of rotatable bonds is 4. The van der Waals surface area contributed by atoms with E-state index in [0.29, 0.717) is 6.04 Å². The van der Waals surface area contributed by atoms with E-state index < -0.39 is 0 Å². The van der Waals surface area contributed by atoms with E-state index in [-0.39, 0.29) is 6.04 Å². The number of benzene rings is 1. The molecule has 2 N–H and O–H groups in total. The molecule has 0 saturated carbocycles. The molecular formula is C16H25BrN2. The van der Waals surface area contributed by atoms with E-state index in [9.17, 15) is 0 Å². The van der Waals surface area contributed by atoms with Gasteiger partial charge in [-0.05, 0) is 49.4 Å². The molecule has 0 amide bonds. The summed E-state index contributed by atoms with van der Waals surface area (Å²) < 4.78 is 1.13. The Labute approximate surface area is 125 Å². The zero-order chi connectivity index (χ0) is 13.8. The lowest BCUT2D eigenvalue weighted by atomic mass is 9.92. The lowest BCUT2D eigenvalue weighted by Gasteiger charge is -2.40. The zero-order valence-electron chi connectivity index (χ0n) is 12.0. The Morgan fingerprint density at radius 3 is 2.63 bits per heavy atom. The monoisotopic (exact) mass is 324 g/mol. The van der Waals surface area contributed by atoms with Gasteiger partial charge in [-0.15, -0.1) is 0 Å². The zero-order valence-corrected chi connectivity index (χ0v) is 13.6. The maximum absolute atomic E-state index is 6.41. The first-order valence-corrected chi connectivity index (χ1v) is 8.16. The number of nitrogens with two attached hydrogens (primary N) is 1. The van der Waals surface area contributed by atoms with E-state index in [0.717, 1.165) is 16.8 Å². The van der Waals surface area contributed by atoms with Crippen LogP contribution in [0, 0.1) is 5.92 Å². The Morgan fingerprint density at radius 1 is 1.37 bits per heavy atom. The van der Waals surface area contributed by atoms with Crippen LogP contribution in [0.2, 0.25) is 0 Å². The Balaban J connectivity index is 2.22. The molecule has 1 aliphatic rings. The maximum Gasteiger partial charge on any atom is 0.0499 e. The van der Waals surface area contributed by atoms with Gasteiger partial charge in [0, 0.05) is 23.1 Å². The third-order valence-electron chi connectivity index (χ3n) is 4.17. The van der Waals surface area contributed by atoms with Crippen LogP contribution in [-0.4, -0.2) is 24.0 Å². The van der Waals surface area contributed by atoms with Crippen molar-refractivity contribution in [2.24, 2.45) is 11.7 Å². The predicted molar refractivity (Wildman–Crippen MR) is 85.1 cm³/mol. The summed E-state index contributed by atoms with van der Waals surface area (Å²) in [7, 11) is 0. The minimum Gasteiger partial charge on any atom is -0.326 e. The molecule has 3 heteroatoms. The highest BCUT2D eigenvalue weighted by atomic mass is 79.9. The number of hydrogen-bond donors (Lipinski definition) is 1. The average Bonchev–Trinajstić information content (AvgIpc) is 2.41. The van der Waals surface area contributed by atoms with Gasteiger partial charge in [0.05, 0.1) is 0 Å². The van der Waals surface area contributed by atoms with Gasteiger partial charge in [-0.1, -0.05) is 41.9 Å². The van der Waals surface area contributed by atoms with E-state index >= 15 is 0 Å². The molecule has 3 atom stereocenters. The molecule has 19 heavy (non-hydrogen) atoms. The normalized spacial score (nSPS) is 24.1. The van der Waals surface area contributed by atoms with Crippen LogP contribution in [-0.2, 0) is 0 Å². The molecule has 1 heterocycles. The average molecular weight is 325 g/mol. The third kappa shape index (κ3) is 3.80. The lowest BCUT2D eigenvalue weighted by Crippen LogP contribution is -2.45. The smallest absolute Gasteiger partial charge is 0.0499 e. The van der Waals surface area contributed by atoms with Crippen LogP contribution < -0.4 is 5.73 Å². The van der Waals surface area contributed by atoms with Crippen molar-refractivity contribution in [2.75, 3.05) is 13.1 Å². The summed E-state index contributed by atoms with van der Waals surface area (Å²) in [5.74, 6) is 0.788. The van der Waals surface area contributed by atoms with E-state index in [4.69, 9.17) is 5.73 Å². The number of piperidine rings is 1. The molecule has 2 rings (SSSR count). The molecule has 2 nitrogen and oxygen atoms in total. The summed E-state index contributed by atoms with van der Waals surface area (Å²) in [5.41, 5.74) is 7.76. The van der Waals surface area contributed by atoms with Crippen molar-refractivity contribution in [1.82, 2.24) is 4.90 Å². The minimum absolute atomic E-state index is 0.214. The van der Waals surface area contributed by atoms with Crippen molar-refractivity contribution in [2.45, 2.75) is 45.2 Å². The van der Waals surface area contributed by atoms with Crippen molar-refractivity contribution < 1.29 is 0 Å². The highest BCUT2D eigenvalue weighted by molar-refractivity contribution is 9.10. The molecule has 3 unspecified atom stereocenters. The van der Waals surface area contributed by atoms with Crippen molar-refractivity contribution in [3.63, 3.8) is 0 Å². The van der Waals surface area contributed by atoms with Gasteiger partial charge in [0.15, 0.2) is 0 Å². The lowest BCUT2D eigenvalue weighted by molar-refractivity contribution is 0.111.